The molecule has 2 aromatic carbocycles. The SMILES string of the molecule is CC(N)C(=O)N(C)CCc1cccc2ccccc12. The van der Waals surface area contributed by atoms with Crippen LogP contribution in [-0.2, 0) is 11.2 Å². The standard InChI is InChI=1S/C16H20N2O/c1-12(17)16(19)18(2)11-10-14-8-5-7-13-6-3-4-9-15(13)14/h3-9,12H,10-11,17H2,1-2H3. The molecule has 100 valence electrons. The average molecular weight is 256 g/mol. The van der Waals surface area contributed by atoms with Gasteiger partial charge in [0.25, 0.3) is 0 Å². The predicted octanol–water partition coefficient (Wildman–Crippen LogP) is 2.19. The lowest BCUT2D eigenvalue weighted by Crippen LogP contribution is -2.40. The quantitative estimate of drug-likeness (QED) is 0.911. The molecule has 0 spiro atoms. The van der Waals surface area contributed by atoms with E-state index in [2.05, 4.69) is 30.3 Å². The van der Waals surface area contributed by atoms with E-state index in [1.807, 2.05) is 12.1 Å². The van der Waals surface area contributed by atoms with Crippen LogP contribution in [0.5, 0.6) is 0 Å². The first-order valence-electron chi connectivity index (χ1n) is 6.57. The van der Waals surface area contributed by atoms with Gasteiger partial charge in [-0.1, -0.05) is 42.5 Å². The largest absolute Gasteiger partial charge is 0.344 e. The van der Waals surface area contributed by atoms with Gasteiger partial charge in [-0.25, -0.2) is 0 Å². The summed E-state index contributed by atoms with van der Waals surface area (Å²) in [5.41, 5.74) is 6.87. The van der Waals surface area contributed by atoms with Gasteiger partial charge in [-0.15, -0.1) is 0 Å². The van der Waals surface area contributed by atoms with Gasteiger partial charge in [0, 0.05) is 13.6 Å². The Labute approximate surface area is 114 Å². The second-order valence-corrected chi connectivity index (χ2v) is 4.94. The molecule has 2 aromatic rings. The first-order valence-corrected chi connectivity index (χ1v) is 6.57. The summed E-state index contributed by atoms with van der Waals surface area (Å²) in [5, 5.41) is 2.49. The Morgan fingerprint density at radius 2 is 1.89 bits per heavy atom. The lowest BCUT2D eigenvalue weighted by Gasteiger charge is -2.19. The van der Waals surface area contributed by atoms with Crippen molar-refractivity contribution in [2.75, 3.05) is 13.6 Å². The molecule has 0 saturated carbocycles. The van der Waals surface area contributed by atoms with Gasteiger partial charge >= 0.3 is 0 Å². The van der Waals surface area contributed by atoms with E-state index < -0.39 is 6.04 Å². The minimum absolute atomic E-state index is 0.0137. The molecule has 0 saturated heterocycles. The number of rotatable bonds is 4. The third-order valence-electron chi connectivity index (χ3n) is 3.36. The van der Waals surface area contributed by atoms with E-state index in [1.54, 1.807) is 18.9 Å². The number of hydrogen-bond donors (Lipinski definition) is 1. The van der Waals surface area contributed by atoms with Crippen molar-refractivity contribution in [3.8, 4) is 0 Å². The molecule has 2 N–H and O–H groups in total. The van der Waals surface area contributed by atoms with Crippen LogP contribution in [0.2, 0.25) is 0 Å². The minimum Gasteiger partial charge on any atom is -0.344 e. The third-order valence-corrected chi connectivity index (χ3v) is 3.36. The predicted molar refractivity (Wildman–Crippen MR) is 78.9 cm³/mol. The van der Waals surface area contributed by atoms with Crippen LogP contribution in [-0.4, -0.2) is 30.4 Å². The maximum Gasteiger partial charge on any atom is 0.238 e. The number of nitrogens with zero attached hydrogens (tertiary/aromatic N) is 1. The second-order valence-electron chi connectivity index (χ2n) is 4.94. The fourth-order valence-corrected chi connectivity index (χ4v) is 2.26. The third kappa shape index (κ3) is 3.12. The first-order chi connectivity index (χ1) is 9.09. The van der Waals surface area contributed by atoms with E-state index in [0.717, 1.165) is 6.42 Å². The lowest BCUT2D eigenvalue weighted by molar-refractivity contribution is -0.130. The Morgan fingerprint density at radius 1 is 1.21 bits per heavy atom. The number of benzene rings is 2. The van der Waals surface area contributed by atoms with Gasteiger partial charge in [-0.2, -0.15) is 0 Å². The van der Waals surface area contributed by atoms with Crippen LogP contribution in [0, 0.1) is 0 Å². The van der Waals surface area contributed by atoms with Crippen LogP contribution in [0.1, 0.15) is 12.5 Å². The number of carbonyl (C=O) groups excluding carboxylic acids is 1. The number of nitrogens with two attached hydrogens (primary N) is 1. The highest BCUT2D eigenvalue weighted by atomic mass is 16.2. The van der Waals surface area contributed by atoms with Gasteiger partial charge in [0.05, 0.1) is 6.04 Å². The summed E-state index contributed by atoms with van der Waals surface area (Å²) in [6.45, 7) is 2.41. The van der Waals surface area contributed by atoms with E-state index in [4.69, 9.17) is 5.73 Å². The molecule has 3 nitrogen and oxygen atoms in total. The smallest absolute Gasteiger partial charge is 0.238 e. The molecule has 0 fully saturated rings. The van der Waals surface area contributed by atoms with Crippen LogP contribution in [0.15, 0.2) is 42.5 Å². The molecular weight excluding hydrogens is 236 g/mol. The molecule has 1 unspecified atom stereocenters. The van der Waals surface area contributed by atoms with Crippen LogP contribution < -0.4 is 5.73 Å². The first kappa shape index (κ1) is 13.6. The van der Waals surface area contributed by atoms with Crippen molar-refractivity contribution < 1.29 is 4.79 Å². The van der Waals surface area contributed by atoms with E-state index in [9.17, 15) is 4.79 Å². The lowest BCUT2D eigenvalue weighted by atomic mass is 10.0. The van der Waals surface area contributed by atoms with Crippen LogP contribution >= 0.6 is 0 Å². The average Bonchev–Trinajstić information content (AvgIpc) is 2.43. The molecule has 0 aliphatic heterocycles. The zero-order valence-corrected chi connectivity index (χ0v) is 11.5. The Kier molecular flexibility index (Phi) is 4.17. The van der Waals surface area contributed by atoms with Gasteiger partial charge in [-0.05, 0) is 29.7 Å². The van der Waals surface area contributed by atoms with E-state index >= 15 is 0 Å². The monoisotopic (exact) mass is 256 g/mol. The maximum atomic E-state index is 11.7. The summed E-state index contributed by atoms with van der Waals surface area (Å²) in [6, 6.07) is 14.2. The van der Waals surface area contributed by atoms with Gasteiger partial charge < -0.3 is 10.6 Å². The van der Waals surface area contributed by atoms with Crippen LogP contribution in [0.3, 0.4) is 0 Å². The van der Waals surface area contributed by atoms with Gasteiger partial charge in [-0.3, -0.25) is 4.79 Å². The van der Waals surface area contributed by atoms with E-state index in [-0.39, 0.29) is 5.91 Å². The van der Waals surface area contributed by atoms with Crippen molar-refractivity contribution >= 4 is 16.7 Å². The van der Waals surface area contributed by atoms with Crippen molar-refractivity contribution in [2.24, 2.45) is 5.73 Å². The van der Waals surface area contributed by atoms with Crippen molar-refractivity contribution in [2.45, 2.75) is 19.4 Å². The highest BCUT2D eigenvalue weighted by molar-refractivity contribution is 5.85. The fourth-order valence-electron chi connectivity index (χ4n) is 2.26. The van der Waals surface area contributed by atoms with Crippen LogP contribution in [0.25, 0.3) is 10.8 Å². The van der Waals surface area contributed by atoms with E-state index in [1.165, 1.54) is 16.3 Å². The summed E-state index contributed by atoms with van der Waals surface area (Å²) in [5.74, 6) is -0.0137. The molecule has 0 radical (unpaired) electrons. The van der Waals surface area contributed by atoms with Crippen molar-refractivity contribution in [1.82, 2.24) is 4.90 Å². The fraction of sp³-hybridized carbons (Fsp3) is 0.312. The Balaban J connectivity index is 2.12. The molecule has 0 heterocycles. The maximum absolute atomic E-state index is 11.7. The zero-order chi connectivity index (χ0) is 13.8. The summed E-state index contributed by atoms with van der Waals surface area (Å²) in [4.78, 5) is 13.4. The van der Waals surface area contributed by atoms with Crippen LogP contribution in [0.4, 0.5) is 0 Å². The molecule has 19 heavy (non-hydrogen) atoms. The molecule has 1 atom stereocenters. The van der Waals surface area contributed by atoms with Gasteiger partial charge in [0.2, 0.25) is 5.91 Å². The molecule has 2 rings (SSSR count). The molecule has 1 amide bonds. The van der Waals surface area contributed by atoms with E-state index in [0.29, 0.717) is 6.54 Å². The minimum atomic E-state index is -0.433. The summed E-state index contributed by atoms with van der Waals surface area (Å²) in [7, 11) is 1.80. The van der Waals surface area contributed by atoms with Gasteiger partial charge in [0.1, 0.15) is 0 Å². The normalized spacial score (nSPS) is 12.4. The topological polar surface area (TPSA) is 46.3 Å². The second kappa shape index (κ2) is 5.85. The Morgan fingerprint density at radius 3 is 2.63 bits per heavy atom. The van der Waals surface area contributed by atoms with Crippen molar-refractivity contribution in [1.29, 1.82) is 0 Å². The Bertz CT molecular complexity index is 572. The summed E-state index contributed by atoms with van der Waals surface area (Å²) >= 11 is 0. The van der Waals surface area contributed by atoms with Crippen molar-refractivity contribution in [3.63, 3.8) is 0 Å². The number of fused-ring (bicyclic) bond motifs is 1. The molecular formula is C16H20N2O. The molecule has 0 bridgehead atoms. The Hall–Kier alpha value is -1.87. The number of likely N-dealkylation sites (N-methyl/N-ethyl adjacent to an activating group) is 1. The number of carbonyl (C=O) groups is 1. The highest BCUT2D eigenvalue weighted by Crippen LogP contribution is 2.19. The summed E-state index contributed by atoms with van der Waals surface area (Å²) < 4.78 is 0. The number of hydrogen-bond acceptors (Lipinski definition) is 2. The molecule has 3 heteroatoms. The molecule has 0 aromatic heterocycles. The summed E-state index contributed by atoms with van der Waals surface area (Å²) in [6.07, 6.45) is 0.844. The van der Waals surface area contributed by atoms with Gasteiger partial charge in [0.15, 0.2) is 0 Å². The molecule has 0 aliphatic carbocycles. The number of amides is 1. The highest BCUT2D eigenvalue weighted by Gasteiger charge is 2.13. The zero-order valence-electron chi connectivity index (χ0n) is 11.5. The molecule has 0 aliphatic rings. The van der Waals surface area contributed by atoms with Crippen molar-refractivity contribution in [3.05, 3.63) is 48.0 Å².